The highest BCUT2D eigenvalue weighted by atomic mass is 79.9. The molecule has 0 aromatic heterocycles. The maximum Gasteiger partial charge on any atom is 0.0634 e. The van der Waals surface area contributed by atoms with E-state index in [1.54, 1.807) is 0 Å². The second-order valence-electron chi connectivity index (χ2n) is 4.08. The molecule has 1 heterocycles. The van der Waals surface area contributed by atoms with Crippen molar-refractivity contribution in [3.63, 3.8) is 0 Å². The van der Waals surface area contributed by atoms with Gasteiger partial charge >= 0.3 is 0 Å². The summed E-state index contributed by atoms with van der Waals surface area (Å²) in [4.78, 5) is 2.24. The van der Waals surface area contributed by atoms with Crippen LogP contribution in [0.3, 0.4) is 0 Å². The number of allylic oxidation sites excluding steroid dienone is 2. The average Bonchev–Trinajstić information content (AvgIpc) is 2.61. The van der Waals surface area contributed by atoms with Crippen molar-refractivity contribution < 1.29 is 0 Å². The molecule has 0 saturated heterocycles. The molecule has 1 aliphatic carbocycles. The van der Waals surface area contributed by atoms with Gasteiger partial charge in [0.05, 0.1) is 6.04 Å². The molecule has 1 aromatic rings. The number of fused-ring (bicyclic) bond motifs is 3. The van der Waals surface area contributed by atoms with E-state index in [2.05, 4.69) is 69.9 Å². The van der Waals surface area contributed by atoms with Gasteiger partial charge in [-0.05, 0) is 23.9 Å². The van der Waals surface area contributed by atoms with E-state index in [0.717, 1.165) is 4.48 Å². The van der Waals surface area contributed by atoms with Crippen molar-refractivity contribution in [1.29, 1.82) is 0 Å². The quantitative estimate of drug-likeness (QED) is 0.749. The zero-order valence-corrected chi connectivity index (χ0v) is 10.4. The number of hydrogen-bond acceptors (Lipinski definition) is 1. The summed E-state index contributed by atoms with van der Waals surface area (Å²) in [5.74, 6) is 0.454. The third-order valence-electron chi connectivity index (χ3n) is 3.25. The van der Waals surface area contributed by atoms with Gasteiger partial charge in [0.15, 0.2) is 0 Å². The number of hydrogen-bond donors (Lipinski definition) is 0. The van der Waals surface area contributed by atoms with Gasteiger partial charge in [-0.2, -0.15) is 0 Å². The minimum absolute atomic E-state index is 0.370. The lowest BCUT2D eigenvalue weighted by atomic mass is 9.92. The molecule has 0 N–H and O–H groups in total. The molecule has 1 aliphatic heterocycles. The second-order valence-corrected chi connectivity index (χ2v) is 4.99. The predicted octanol–water partition coefficient (Wildman–Crippen LogP) is 3.95. The van der Waals surface area contributed by atoms with Crippen molar-refractivity contribution in [2.75, 3.05) is 4.90 Å². The Kier molecular flexibility index (Phi) is 2.25. The van der Waals surface area contributed by atoms with Crippen molar-refractivity contribution >= 4 is 21.6 Å². The van der Waals surface area contributed by atoms with Gasteiger partial charge in [-0.15, -0.1) is 0 Å². The number of rotatable bonds is 1. The van der Waals surface area contributed by atoms with E-state index in [1.165, 1.54) is 11.3 Å². The Hall–Kier alpha value is -1.28. The maximum absolute atomic E-state index is 3.91. The molecule has 0 saturated carbocycles. The molecule has 0 spiro atoms. The van der Waals surface area contributed by atoms with Crippen LogP contribution in [-0.2, 0) is 0 Å². The summed E-state index contributed by atoms with van der Waals surface area (Å²) in [6.45, 7) is 3.91. The minimum Gasteiger partial charge on any atom is -0.340 e. The second kappa shape index (κ2) is 3.63. The molecule has 1 nitrogen and oxygen atoms in total. The van der Waals surface area contributed by atoms with Crippen LogP contribution in [0.5, 0.6) is 0 Å². The van der Waals surface area contributed by atoms with Gasteiger partial charge in [-0.1, -0.05) is 52.9 Å². The molecular formula is C14H12BrN. The standard InChI is InChI=1S/C14H12BrN/c1-2-16-13-6-4-3-5-11(13)12-8-7-10(15)9-14(12)16/h2-9,12,14H,1H2. The first-order valence-electron chi connectivity index (χ1n) is 5.36. The molecular weight excluding hydrogens is 262 g/mol. The molecule has 2 aliphatic rings. The Morgan fingerprint density at radius 1 is 1.31 bits per heavy atom. The van der Waals surface area contributed by atoms with Gasteiger partial charge in [0.1, 0.15) is 0 Å². The smallest absolute Gasteiger partial charge is 0.0634 e. The van der Waals surface area contributed by atoms with Gasteiger partial charge in [0, 0.05) is 16.1 Å². The summed E-state index contributed by atoms with van der Waals surface area (Å²) >= 11 is 3.54. The zero-order valence-electron chi connectivity index (χ0n) is 8.81. The zero-order chi connectivity index (χ0) is 11.1. The largest absolute Gasteiger partial charge is 0.340 e. The number of benzene rings is 1. The topological polar surface area (TPSA) is 3.24 Å². The van der Waals surface area contributed by atoms with Crippen LogP contribution >= 0.6 is 15.9 Å². The molecule has 2 heteroatoms. The van der Waals surface area contributed by atoms with E-state index in [0.29, 0.717) is 12.0 Å². The van der Waals surface area contributed by atoms with Crippen LogP contribution in [0.25, 0.3) is 0 Å². The highest BCUT2D eigenvalue weighted by Gasteiger charge is 2.35. The molecule has 2 unspecified atom stereocenters. The summed E-state index contributed by atoms with van der Waals surface area (Å²) in [7, 11) is 0. The highest BCUT2D eigenvalue weighted by Crippen LogP contribution is 2.44. The van der Waals surface area contributed by atoms with Crippen LogP contribution in [0.4, 0.5) is 5.69 Å². The van der Waals surface area contributed by atoms with E-state index in [1.807, 2.05) is 6.20 Å². The fourth-order valence-corrected chi connectivity index (χ4v) is 2.98. The number of nitrogens with zero attached hydrogens (tertiary/aromatic N) is 1. The molecule has 80 valence electrons. The van der Waals surface area contributed by atoms with Crippen LogP contribution in [0.15, 0.2) is 59.8 Å². The summed E-state index contributed by atoms with van der Waals surface area (Å²) in [6, 6.07) is 8.91. The first-order chi connectivity index (χ1) is 7.81. The number of para-hydroxylation sites is 1. The monoisotopic (exact) mass is 273 g/mol. The van der Waals surface area contributed by atoms with Gasteiger partial charge in [-0.3, -0.25) is 0 Å². The maximum atomic E-state index is 3.91. The first kappa shape index (κ1) is 9.91. The van der Waals surface area contributed by atoms with Crippen molar-refractivity contribution in [1.82, 2.24) is 0 Å². The number of halogens is 1. The fourth-order valence-electron chi connectivity index (χ4n) is 2.56. The Labute approximate surface area is 104 Å². The van der Waals surface area contributed by atoms with Crippen molar-refractivity contribution in [2.24, 2.45) is 0 Å². The lowest BCUT2D eigenvalue weighted by molar-refractivity contribution is 0.740. The molecule has 1 aromatic carbocycles. The van der Waals surface area contributed by atoms with Gasteiger partial charge in [-0.25, -0.2) is 0 Å². The van der Waals surface area contributed by atoms with Gasteiger partial charge < -0.3 is 4.90 Å². The van der Waals surface area contributed by atoms with E-state index < -0.39 is 0 Å². The Morgan fingerprint density at radius 3 is 2.94 bits per heavy atom. The first-order valence-corrected chi connectivity index (χ1v) is 6.16. The van der Waals surface area contributed by atoms with Crippen LogP contribution in [0.2, 0.25) is 0 Å². The van der Waals surface area contributed by atoms with Gasteiger partial charge in [0.25, 0.3) is 0 Å². The van der Waals surface area contributed by atoms with Crippen molar-refractivity contribution in [3.05, 3.63) is 65.3 Å². The Balaban J connectivity index is 2.16. The molecule has 2 atom stereocenters. The summed E-state index contributed by atoms with van der Waals surface area (Å²) in [5.41, 5.74) is 2.66. The molecule has 0 radical (unpaired) electrons. The summed E-state index contributed by atoms with van der Waals surface area (Å²) < 4.78 is 1.15. The van der Waals surface area contributed by atoms with Crippen LogP contribution < -0.4 is 4.90 Å². The minimum atomic E-state index is 0.370. The van der Waals surface area contributed by atoms with Crippen LogP contribution in [0, 0.1) is 0 Å². The van der Waals surface area contributed by atoms with E-state index in [9.17, 15) is 0 Å². The predicted molar refractivity (Wildman–Crippen MR) is 71.8 cm³/mol. The summed E-state index contributed by atoms with van der Waals surface area (Å²) in [6.07, 6.45) is 8.55. The normalized spacial score (nSPS) is 26.1. The molecule has 0 bridgehead atoms. The van der Waals surface area contributed by atoms with Crippen LogP contribution in [0.1, 0.15) is 11.5 Å². The van der Waals surface area contributed by atoms with E-state index in [-0.39, 0.29) is 0 Å². The third kappa shape index (κ3) is 1.30. The van der Waals surface area contributed by atoms with Crippen molar-refractivity contribution in [3.8, 4) is 0 Å². The van der Waals surface area contributed by atoms with E-state index >= 15 is 0 Å². The molecule has 3 rings (SSSR count). The molecule has 0 amide bonds. The Morgan fingerprint density at radius 2 is 2.12 bits per heavy atom. The lowest BCUT2D eigenvalue weighted by Crippen LogP contribution is -2.28. The average molecular weight is 274 g/mol. The highest BCUT2D eigenvalue weighted by molar-refractivity contribution is 9.11. The van der Waals surface area contributed by atoms with Crippen molar-refractivity contribution in [2.45, 2.75) is 12.0 Å². The summed E-state index contributed by atoms with van der Waals surface area (Å²) in [5, 5.41) is 0. The van der Waals surface area contributed by atoms with Gasteiger partial charge in [0.2, 0.25) is 0 Å². The molecule has 16 heavy (non-hydrogen) atoms. The Bertz CT molecular complexity index is 476. The fraction of sp³-hybridized carbons (Fsp3) is 0.143. The third-order valence-corrected chi connectivity index (χ3v) is 3.78. The van der Waals surface area contributed by atoms with E-state index in [4.69, 9.17) is 0 Å². The number of anilines is 1. The van der Waals surface area contributed by atoms with Crippen LogP contribution in [-0.4, -0.2) is 6.04 Å². The SMILES string of the molecule is C=CN1c2ccccc2C2C=CC(Br)=CC21. The lowest BCUT2D eigenvalue weighted by Gasteiger charge is -2.25. The molecule has 0 fully saturated rings.